The highest BCUT2D eigenvalue weighted by molar-refractivity contribution is 5.44. The van der Waals surface area contributed by atoms with Crippen molar-refractivity contribution in [3.05, 3.63) is 11.5 Å². The lowest BCUT2D eigenvalue weighted by Crippen LogP contribution is -2.00. The average molecular weight is 174 g/mol. The molecule has 1 atom stereocenters. The second kappa shape index (κ2) is 3.04. The van der Waals surface area contributed by atoms with Gasteiger partial charge in [0, 0.05) is 0 Å². The molecule has 1 aromatic rings. The zero-order valence-corrected chi connectivity index (χ0v) is 6.48. The quantitative estimate of drug-likeness (QED) is 0.507. The van der Waals surface area contributed by atoms with Crippen molar-refractivity contribution in [1.82, 2.24) is 0 Å². The van der Waals surface area contributed by atoms with Crippen molar-refractivity contribution in [3.8, 4) is 11.5 Å². The van der Waals surface area contributed by atoms with Crippen molar-refractivity contribution in [1.29, 1.82) is 0 Å². The number of aromatic hydroxyl groups is 2. The Kier molecular flexibility index (Phi) is 2.25. The summed E-state index contributed by atoms with van der Waals surface area (Å²) in [6.07, 6.45) is -1.30. The third-order valence-corrected chi connectivity index (χ3v) is 1.53. The van der Waals surface area contributed by atoms with E-state index in [0.717, 1.165) is 0 Å². The highest BCUT2D eigenvalue weighted by Gasteiger charge is 2.21. The standard InChI is InChI=1S/C7H10O5/c1-3-5(10)6(11)7(12-3)4(9)2-8/h4,8-11H,2H2,1H3. The summed E-state index contributed by atoms with van der Waals surface area (Å²) in [4.78, 5) is 0. The van der Waals surface area contributed by atoms with Gasteiger partial charge in [-0.05, 0) is 6.92 Å². The molecule has 5 heteroatoms. The van der Waals surface area contributed by atoms with E-state index in [1.807, 2.05) is 0 Å². The van der Waals surface area contributed by atoms with Crippen molar-refractivity contribution >= 4 is 0 Å². The predicted molar refractivity (Wildman–Crippen MR) is 38.8 cm³/mol. The average Bonchev–Trinajstić information content (AvgIpc) is 2.32. The monoisotopic (exact) mass is 174 g/mol. The van der Waals surface area contributed by atoms with Gasteiger partial charge in [-0.1, -0.05) is 0 Å². The first-order chi connectivity index (χ1) is 5.57. The lowest BCUT2D eigenvalue weighted by Gasteiger charge is -2.01. The second-order valence-corrected chi connectivity index (χ2v) is 2.42. The van der Waals surface area contributed by atoms with Crippen LogP contribution >= 0.6 is 0 Å². The number of furan rings is 1. The van der Waals surface area contributed by atoms with Crippen LogP contribution in [0.4, 0.5) is 0 Å². The Bertz CT molecular complexity index is 278. The van der Waals surface area contributed by atoms with Gasteiger partial charge in [-0.15, -0.1) is 0 Å². The molecule has 0 saturated heterocycles. The van der Waals surface area contributed by atoms with E-state index in [4.69, 9.17) is 24.8 Å². The summed E-state index contributed by atoms with van der Waals surface area (Å²) >= 11 is 0. The second-order valence-electron chi connectivity index (χ2n) is 2.42. The van der Waals surface area contributed by atoms with Gasteiger partial charge in [-0.25, -0.2) is 0 Å². The minimum absolute atomic E-state index is 0.106. The van der Waals surface area contributed by atoms with Crippen LogP contribution < -0.4 is 0 Å². The Morgan fingerprint density at radius 1 is 1.33 bits per heavy atom. The van der Waals surface area contributed by atoms with Crippen LogP contribution in [0.3, 0.4) is 0 Å². The molecule has 4 N–H and O–H groups in total. The fraction of sp³-hybridized carbons (Fsp3) is 0.429. The smallest absolute Gasteiger partial charge is 0.203 e. The molecule has 0 bridgehead atoms. The zero-order valence-electron chi connectivity index (χ0n) is 6.48. The van der Waals surface area contributed by atoms with Crippen LogP contribution in [-0.2, 0) is 0 Å². The van der Waals surface area contributed by atoms with E-state index in [-0.39, 0.29) is 11.5 Å². The molecule has 5 nitrogen and oxygen atoms in total. The molecule has 68 valence electrons. The molecule has 0 aromatic carbocycles. The summed E-state index contributed by atoms with van der Waals surface area (Å²) in [5.74, 6) is -1.03. The summed E-state index contributed by atoms with van der Waals surface area (Å²) in [6, 6.07) is 0. The Morgan fingerprint density at radius 2 is 1.92 bits per heavy atom. The maximum absolute atomic E-state index is 9.11. The van der Waals surface area contributed by atoms with Gasteiger partial charge in [0.1, 0.15) is 11.9 Å². The molecule has 0 aliphatic heterocycles. The molecule has 0 spiro atoms. The Hall–Kier alpha value is -1.20. The maximum atomic E-state index is 9.11. The molecule has 0 amide bonds. The van der Waals surface area contributed by atoms with E-state index in [9.17, 15) is 0 Å². The summed E-state index contributed by atoms with van der Waals surface area (Å²) < 4.78 is 4.79. The third-order valence-electron chi connectivity index (χ3n) is 1.53. The lowest BCUT2D eigenvalue weighted by atomic mass is 10.2. The van der Waals surface area contributed by atoms with E-state index in [1.54, 1.807) is 0 Å². The normalized spacial score (nSPS) is 13.2. The molecule has 1 heterocycles. The van der Waals surface area contributed by atoms with Crippen molar-refractivity contribution in [2.75, 3.05) is 6.61 Å². The van der Waals surface area contributed by atoms with E-state index >= 15 is 0 Å². The molecule has 0 fully saturated rings. The molecule has 0 aliphatic rings. The maximum Gasteiger partial charge on any atom is 0.203 e. The van der Waals surface area contributed by atoms with E-state index < -0.39 is 24.2 Å². The molecule has 1 rings (SSSR count). The predicted octanol–water partition coefficient (Wildman–Crippen LogP) is 0.0249. The van der Waals surface area contributed by atoms with Crippen molar-refractivity contribution in [3.63, 3.8) is 0 Å². The van der Waals surface area contributed by atoms with Crippen molar-refractivity contribution in [2.24, 2.45) is 0 Å². The van der Waals surface area contributed by atoms with E-state index in [1.165, 1.54) is 6.92 Å². The number of hydrogen-bond acceptors (Lipinski definition) is 5. The van der Waals surface area contributed by atoms with Crippen molar-refractivity contribution < 1.29 is 24.8 Å². The fourth-order valence-electron chi connectivity index (χ4n) is 0.854. The first-order valence-corrected chi connectivity index (χ1v) is 3.38. The molecule has 0 radical (unpaired) electrons. The highest BCUT2D eigenvalue weighted by Crippen LogP contribution is 2.38. The zero-order chi connectivity index (χ0) is 9.30. The largest absolute Gasteiger partial charge is 0.502 e. The van der Waals surface area contributed by atoms with Gasteiger partial charge in [-0.2, -0.15) is 0 Å². The van der Waals surface area contributed by atoms with E-state index in [0.29, 0.717) is 0 Å². The summed E-state index contributed by atoms with van der Waals surface area (Å²) in [5.41, 5.74) is 0. The van der Waals surface area contributed by atoms with Crippen LogP contribution in [0.25, 0.3) is 0 Å². The molecule has 0 aliphatic carbocycles. The van der Waals surface area contributed by atoms with E-state index in [2.05, 4.69) is 0 Å². The fourth-order valence-corrected chi connectivity index (χ4v) is 0.854. The number of hydrogen-bond donors (Lipinski definition) is 4. The number of aliphatic hydroxyl groups excluding tert-OH is 2. The Morgan fingerprint density at radius 3 is 2.25 bits per heavy atom. The van der Waals surface area contributed by atoms with Gasteiger partial charge in [-0.3, -0.25) is 0 Å². The minimum Gasteiger partial charge on any atom is -0.502 e. The molecule has 0 saturated carbocycles. The summed E-state index contributed by atoms with van der Waals surface area (Å²) in [6.45, 7) is 0.864. The first-order valence-electron chi connectivity index (χ1n) is 3.38. The summed E-state index contributed by atoms with van der Waals surface area (Å²) in [7, 11) is 0. The first kappa shape index (κ1) is 8.89. The van der Waals surface area contributed by atoms with Gasteiger partial charge >= 0.3 is 0 Å². The molecule has 12 heavy (non-hydrogen) atoms. The van der Waals surface area contributed by atoms with Gasteiger partial charge in [0.2, 0.25) is 5.75 Å². The number of rotatable bonds is 2. The van der Waals surface area contributed by atoms with Gasteiger partial charge < -0.3 is 24.8 Å². The Balaban J connectivity index is 3.08. The van der Waals surface area contributed by atoms with Crippen molar-refractivity contribution in [2.45, 2.75) is 13.0 Å². The van der Waals surface area contributed by atoms with Gasteiger partial charge in [0.05, 0.1) is 6.61 Å². The summed E-state index contributed by atoms with van der Waals surface area (Å²) in [5, 5.41) is 35.7. The lowest BCUT2D eigenvalue weighted by molar-refractivity contribution is 0.0742. The molecule has 1 unspecified atom stereocenters. The highest BCUT2D eigenvalue weighted by atomic mass is 16.4. The van der Waals surface area contributed by atoms with Crippen LogP contribution in [-0.4, -0.2) is 27.0 Å². The molecular weight excluding hydrogens is 164 g/mol. The van der Waals surface area contributed by atoms with Crippen LogP contribution in [0.2, 0.25) is 0 Å². The van der Waals surface area contributed by atoms with Crippen LogP contribution in [0.5, 0.6) is 11.5 Å². The van der Waals surface area contributed by atoms with Crippen LogP contribution in [0.1, 0.15) is 17.6 Å². The number of aryl methyl sites for hydroxylation is 1. The molecule has 1 aromatic heterocycles. The topological polar surface area (TPSA) is 94.1 Å². The van der Waals surface area contributed by atoms with Gasteiger partial charge in [0.15, 0.2) is 11.5 Å². The number of aliphatic hydroxyl groups is 2. The SMILES string of the molecule is Cc1oc(C(O)CO)c(O)c1O. The van der Waals surface area contributed by atoms with Gasteiger partial charge in [0.25, 0.3) is 0 Å². The third kappa shape index (κ3) is 1.24. The van der Waals surface area contributed by atoms with Crippen LogP contribution in [0, 0.1) is 6.92 Å². The van der Waals surface area contributed by atoms with Crippen LogP contribution in [0.15, 0.2) is 4.42 Å². The Labute approximate surface area is 68.5 Å². The minimum atomic E-state index is -1.30. The molecular formula is C7H10O5.